The largest absolute Gasteiger partial charge is 0.410 e. The van der Waals surface area contributed by atoms with E-state index in [-0.39, 0.29) is 23.3 Å². The maximum atomic E-state index is 11.3. The fraction of sp³-hybridized carbons (Fsp3) is 0.286. The van der Waals surface area contributed by atoms with E-state index in [1.165, 1.54) is 19.0 Å². The lowest BCUT2D eigenvalue weighted by atomic mass is 10.2. The van der Waals surface area contributed by atoms with Crippen LogP contribution in [0.15, 0.2) is 17.4 Å². The van der Waals surface area contributed by atoms with Crippen LogP contribution in [0.2, 0.25) is 0 Å². The Morgan fingerprint density at radius 2 is 2.00 bits per heavy atom. The Hall–Kier alpha value is -1.85. The lowest BCUT2D eigenvalue weighted by molar-refractivity contribution is 0.202. The lowest BCUT2D eigenvalue weighted by Crippen LogP contribution is -2.52. The molecule has 6 heteroatoms. The number of amidine groups is 1. The van der Waals surface area contributed by atoms with Crippen molar-refractivity contribution >= 4 is 17.6 Å². The predicted octanol–water partition coefficient (Wildman–Crippen LogP) is 0.305. The molecule has 2 amide bonds. The fourth-order valence-corrected chi connectivity index (χ4v) is 0.996. The van der Waals surface area contributed by atoms with E-state index in [1.54, 1.807) is 0 Å². The van der Waals surface area contributed by atoms with Crippen molar-refractivity contribution in [2.45, 2.75) is 0 Å². The summed E-state index contributed by atoms with van der Waals surface area (Å²) in [4.78, 5) is 13.6. The van der Waals surface area contributed by atoms with Crippen LogP contribution in [0.1, 0.15) is 0 Å². The maximum Gasteiger partial charge on any atom is 0.329 e. The number of rotatable bonds is 0. The molecule has 6 nitrogen and oxygen atoms in total. The number of nitrogens with one attached hydrogen (secondary N) is 1. The van der Waals surface area contributed by atoms with Gasteiger partial charge in [0, 0.05) is 14.1 Å². The summed E-state index contributed by atoms with van der Waals surface area (Å²) in [5.74, 6) is -0.157. The number of carbonyl (C=O) groups excluding carboxylic acids is 1. The van der Waals surface area contributed by atoms with E-state index in [0.29, 0.717) is 0 Å². The Kier molecular flexibility index (Phi) is 2.05. The first-order chi connectivity index (χ1) is 6.00. The number of oxime groups is 1. The first kappa shape index (κ1) is 9.24. The average molecular weight is 182 g/mol. The molecule has 0 unspecified atom stereocenters. The topological polar surface area (TPSA) is 80.0 Å². The van der Waals surface area contributed by atoms with Crippen molar-refractivity contribution in [1.82, 2.24) is 9.80 Å². The molecular weight excluding hydrogens is 172 g/mol. The summed E-state index contributed by atoms with van der Waals surface area (Å²) in [5, 5.41) is 18.9. The Balaban J connectivity index is 3.14. The van der Waals surface area contributed by atoms with Crippen LogP contribution in [-0.2, 0) is 0 Å². The van der Waals surface area contributed by atoms with E-state index < -0.39 is 0 Å². The normalized spacial score (nSPS) is 21.7. The zero-order valence-electron chi connectivity index (χ0n) is 7.40. The average Bonchev–Trinajstić information content (AvgIpc) is 2.13. The van der Waals surface area contributed by atoms with Crippen molar-refractivity contribution in [2.75, 3.05) is 14.1 Å². The molecule has 0 bridgehead atoms. The molecule has 1 heterocycles. The Bertz CT molecular complexity index is 294. The molecule has 1 saturated heterocycles. The second-order valence-electron chi connectivity index (χ2n) is 2.64. The van der Waals surface area contributed by atoms with E-state index in [2.05, 4.69) is 11.7 Å². The molecule has 0 radical (unpaired) electrons. The van der Waals surface area contributed by atoms with Gasteiger partial charge in [-0.2, -0.15) is 0 Å². The highest BCUT2D eigenvalue weighted by atomic mass is 16.4. The molecule has 1 aliphatic heterocycles. The number of hydrogen-bond donors (Lipinski definition) is 2. The van der Waals surface area contributed by atoms with Crippen LogP contribution in [0.5, 0.6) is 0 Å². The Morgan fingerprint density at radius 1 is 1.46 bits per heavy atom. The van der Waals surface area contributed by atoms with Gasteiger partial charge in [0.05, 0.1) is 5.70 Å². The maximum absolute atomic E-state index is 11.3. The molecule has 0 atom stereocenters. The summed E-state index contributed by atoms with van der Waals surface area (Å²) >= 11 is 0. The summed E-state index contributed by atoms with van der Waals surface area (Å²) in [6.45, 7) is 3.53. The number of urea groups is 1. The predicted molar refractivity (Wildman–Crippen MR) is 47.0 cm³/mol. The second-order valence-corrected chi connectivity index (χ2v) is 2.64. The van der Waals surface area contributed by atoms with Crippen LogP contribution >= 0.6 is 0 Å². The molecule has 0 aromatic heterocycles. The summed E-state index contributed by atoms with van der Waals surface area (Å²) in [5.41, 5.74) is 0.222. The van der Waals surface area contributed by atoms with Crippen LogP contribution in [-0.4, -0.2) is 46.7 Å². The van der Waals surface area contributed by atoms with Crippen molar-refractivity contribution < 1.29 is 10.0 Å². The highest BCUT2D eigenvalue weighted by Crippen LogP contribution is 2.13. The highest BCUT2D eigenvalue weighted by Gasteiger charge is 2.32. The van der Waals surface area contributed by atoms with Crippen LogP contribution < -0.4 is 0 Å². The monoisotopic (exact) mass is 182 g/mol. The molecule has 13 heavy (non-hydrogen) atoms. The Labute approximate surface area is 75.2 Å². The molecule has 1 fully saturated rings. The van der Waals surface area contributed by atoms with Crippen molar-refractivity contribution in [2.24, 2.45) is 5.16 Å². The van der Waals surface area contributed by atoms with Gasteiger partial charge < -0.3 is 5.21 Å². The van der Waals surface area contributed by atoms with E-state index in [4.69, 9.17) is 10.6 Å². The van der Waals surface area contributed by atoms with Crippen LogP contribution in [0, 0.1) is 5.41 Å². The van der Waals surface area contributed by atoms with Crippen molar-refractivity contribution in [3.63, 3.8) is 0 Å². The Morgan fingerprint density at radius 3 is 2.46 bits per heavy atom. The van der Waals surface area contributed by atoms with Gasteiger partial charge in [0.1, 0.15) is 0 Å². The van der Waals surface area contributed by atoms with Gasteiger partial charge in [-0.25, -0.2) is 4.79 Å². The molecule has 0 aromatic rings. The molecule has 1 rings (SSSR count). The van der Waals surface area contributed by atoms with E-state index in [1.807, 2.05) is 0 Å². The third kappa shape index (κ3) is 1.16. The molecule has 0 spiro atoms. The third-order valence-electron chi connectivity index (χ3n) is 1.91. The highest BCUT2D eigenvalue weighted by molar-refractivity contribution is 6.49. The van der Waals surface area contributed by atoms with E-state index in [9.17, 15) is 4.79 Å². The van der Waals surface area contributed by atoms with Crippen LogP contribution in [0.25, 0.3) is 0 Å². The summed E-state index contributed by atoms with van der Waals surface area (Å²) in [7, 11) is 2.93. The van der Waals surface area contributed by atoms with E-state index >= 15 is 0 Å². The second kappa shape index (κ2) is 2.89. The first-order valence-electron chi connectivity index (χ1n) is 3.52. The van der Waals surface area contributed by atoms with Gasteiger partial charge >= 0.3 is 6.03 Å². The van der Waals surface area contributed by atoms with Crippen molar-refractivity contribution in [3.05, 3.63) is 12.3 Å². The van der Waals surface area contributed by atoms with Gasteiger partial charge in [-0.05, 0) is 0 Å². The van der Waals surface area contributed by atoms with Gasteiger partial charge in [0.25, 0.3) is 0 Å². The molecule has 0 saturated carbocycles. The number of amides is 2. The van der Waals surface area contributed by atoms with Gasteiger partial charge in [-0.1, -0.05) is 11.7 Å². The molecular formula is C7H10N4O2. The van der Waals surface area contributed by atoms with Crippen LogP contribution in [0.4, 0.5) is 4.79 Å². The van der Waals surface area contributed by atoms with E-state index in [0.717, 1.165) is 4.90 Å². The molecule has 0 aromatic carbocycles. The van der Waals surface area contributed by atoms with Crippen molar-refractivity contribution in [1.29, 1.82) is 5.41 Å². The first-order valence-corrected chi connectivity index (χ1v) is 3.52. The minimum atomic E-state index is -0.373. The van der Waals surface area contributed by atoms with Gasteiger partial charge in [0.2, 0.25) is 0 Å². The van der Waals surface area contributed by atoms with Crippen LogP contribution in [0.3, 0.4) is 0 Å². The molecule has 0 aliphatic carbocycles. The minimum Gasteiger partial charge on any atom is -0.410 e. The summed E-state index contributed by atoms with van der Waals surface area (Å²) < 4.78 is 0. The quantitative estimate of drug-likeness (QED) is 0.417. The van der Waals surface area contributed by atoms with Crippen molar-refractivity contribution in [3.8, 4) is 0 Å². The third-order valence-corrected chi connectivity index (χ3v) is 1.91. The van der Waals surface area contributed by atoms with Gasteiger partial charge in [-0.3, -0.25) is 15.2 Å². The lowest BCUT2D eigenvalue weighted by Gasteiger charge is -2.32. The molecule has 1 aliphatic rings. The minimum absolute atomic E-state index is 0.00426. The van der Waals surface area contributed by atoms with Gasteiger partial charge in [0.15, 0.2) is 11.5 Å². The smallest absolute Gasteiger partial charge is 0.329 e. The SMILES string of the molecule is C=C1C(=NO)C(=N)N(C)C(=O)N1C. The zero-order valence-corrected chi connectivity index (χ0v) is 7.40. The summed E-state index contributed by atoms with van der Waals surface area (Å²) in [6, 6.07) is -0.373. The molecule has 70 valence electrons. The molecule has 2 N–H and O–H groups in total. The summed E-state index contributed by atoms with van der Waals surface area (Å²) in [6.07, 6.45) is 0. The zero-order chi connectivity index (χ0) is 10.2. The number of nitrogens with zero attached hydrogens (tertiary/aromatic N) is 3. The standard InChI is InChI=1S/C7H10N4O2/c1-4-5(9-13)6(8)11(3)7(12)10(4)2/h8,13H,1H2,2-3H3. The number of carbonyl (C=O) groups is 1. The fourth-order valence-electron chi connectivity index (χ4n) is 0.996. The van der Waals surface area contributed by atoms with Gasteiger partial charge in [-0.15, -0.1) is 0 Å². The number of hydrogen-bond acceptors (Lipinski definition) is 4.